The summed E-state index contributed by atoms with van der Waals surface area (Å²) >= 11 is 0. The quantitative estimate of drug-likeness (QED) is 0.677. The van der Waals surface area contributed by atoms with E-state index in [1.54, 1.807) is 7.11 Å². The van der Waals surface area contributed by atoms with Crippen molar-refractivity contribution in [2.75, 3.05) is 13.7 Å². The zero-order valence-electron chi connectivity index (χ0n) is 10.3. The monoisotopic (exact) mass is 208 g/mol. The van der Waals surface area contributed by atoms with Crippen molar-refractivity contribution in [3.05, 3.63) is 29.6 Å². The number of pyridine rings is 1. The zero-order valence-corrected chi connectivity index (χ0v) is 10.3. The smallest absolute Gasteiger partial charge is 0.184 e. The van der Waals surface area contributed by atoms with Crippen molar-refractivity contribution in [1.82, 2.24) is 0 Å². The molecule has 1 aromatic heterocycles. The van der Waals surface area contributed by atoms with Crippen LogP contribution in [0.15, 0.2) is 18.3 Å². The summed E-state index contributed by atoms with van der Waals surface area (Å²) in [5, 5.41) is 0. The maximum Gasteiger partial charge on any atom is 0.184 e. The Morgan fingerprint density at radius 1 is 1.47 bits per heavy atom. The molecule has 2 nitrogen and oxygen atoms in total. The second kappa shape index (κ2) is 5.86. The summed E-state index contributed by atoms with van der Waals surface area (Å²) in [4.78, 5) is 0. The topological polar surface area (TPSA) is 13.1 Å². The average molecular weight is 208 g/mol. The minimum atomic E-state index is 0.413. The number of methoxy groups -OCH3 is 1. The van der Waals surface area contributed by atoms with Gasteiger partial charge in [0, 0.05) is 32.1 Å². The van der Waals surface area contributed by atoms with Gasteiger partial charge in [-0.15, -0.1) is 0 Å². The van der Waals surface area contributed by atoms with Crippen LogP contribution in [0.5, 0.6) is 0 Å². The molecule has 1 atom stereocenters. The molecule has 1 unspecified atom stereocenters. The van der Waals surface area contributed by atoms with E-state index in [9.17, 15) is 0 Å². The fourth-order valence-electron chi connectivity index (χ4n) is 1.97. The van der Waals surface area contributed by atoms with Crippen molar-refractivity contribution in [2.24, 2.45) is 0 Å². The third-order valence-electron chi connectivity index (χ3n) is 2.73. The largest absolute Gasteiger partial charge is 0.378 e. The molecular weight excluding hydrogens is 186 g/mol. The minimum absolute atomic E-state index is 0.413. The van der Waals surface area contributed by atoms with Crippen LogP contribution in [-0.2, 0) is 11.2 Å². The third-order valence-corrected chi connectivity index (χ3v) is 2.73. The second-order valence-corrected chi connectivity index (χ2v) is 4.10. The summed E-state index contributed by atoms with van der Waals surface area (Å²) in [5.74, 6) is 0. The van der Waals surface area contributed by atoms with E-state index >= 15 is 0 Å². The standard InChI is InChI=1S/C13H22NO/c1-5-7-13-11(2)8-6-9-14(13)12(3)10-15-4/h6,8-9,12H,5,7,10H2,1-4H3/q+1. The lowest BCUT2D eigenvalue weighted by Gasteiger charge is -2.11. The van der Waals surface area contributed by atoms with Crippen LogP contribution >= 0.6 is 0 Å². The van der Waals surface area contributed by atoms with E-state index in [4.69, 9.17) is 4.74 Å². The fourth-order valence-corrected chi connectivity index (χ4v) is 1.97. The molecule has 0 saturated carbocycles. The predicted octanol–water partition coefficient (Wildman–Crippen LogP) is 2.44. The van der Waals surface area contributed by atoms with Gasteiger partial charge in [0.25, 0.3) is 0 Å². The number of nitrogens with zero attached hydrogens (tertiary/aromatic N) is 1. The lowest BCUT2D eigenvalue weighted by Crippen LogP contribution is -2.44. The highest BCUT2D eigenvalue weighted by atomic mass is 16.5. The normalized spacial score (nSPS) is 12.8. The summed E-state index contributed by atoms with van der Waals surface area (Å²) < 4.78 is 7.55. The third kappa shape index (κ3) is 3.03. The van der Waals surface area contributed by atoms with Crippen LogP contribution in [0.25, 0.3) is 0 Å². The highest BCUT2D eigenvalue weighted by Gasteiger charge is 2.18. The van der Waals surface area contributed by atoms with E-state index in [0.29, 0.717) is 6.04 Å². The maximum atomic E-state index is 5.21. The highest BCUT2D eigenvalue weighted by molar-refractivity contribution is 5.13. The Morgan fingerprint density at radius 2 is 2.20 bits per heavy atom. The zero-order chi connectivity index (χ0) is 11.3. The van der Waals surface area contributed by atoms with E-state index in [1.807, 2.05) is 0 Å². The molecule has 15 heavy (non-hydrogen) atoms. The Morgan fingerprint density at radius 3 is 2.80 bits per heavy atom. The van der Waals surface area contributed by atoms with Crippen LogP contribution < -0.4 is 4.57 Å². The summed E-state index contributed by atoms with van der Waals surface area (Å²) in [5.41, 5.74) is 2.81. The molecule has 0 aliphatic rings. The van der Waals surface area contributed by atoms with E-state index in [2.05, 4.69) is 43.7 Å². The Balaban J connectivity index is 2.99. The van der Waals surface area contributed by atoms with Gasteiger partial charge in [0.2, 0.25) is 0 Å². The lowest BCUT2D eigenvalue weighted by atomic mass is 10.1. The molecule has 0 aromatic carbocycles. The first-order chi connectivity index (χ1) is 7.20. The van der Waals surface area contributed by atoms with Gasteiger partial charge in [-0.05, 0) is 19.4 Å². The number of hydrogen-bond acceptors (Lipinski definition) is 1. The SMILES string of the molecule is CCCc1c(C)ccc[n+]1C(C)COC. The van der Waals surface area contributed by atoms with Gasteiger partial charge in [0.05, 0.1) is 0 Å². The van der Waals surface area contributed by atoms with Gasteiger partial charge in [-0.2, -0.15) is 4.57 Å². The Hall–Kier alpha value is -0.890. The second-order valence-electron chi connectivity index (χ2n) is 4.10. The minimum Gasteiger partial charge on any atom is -0.378 e. The molecule has 1 aromatic rings. The lowest BCUT2D eigenvalue weighted by molar-refractivity contribution is -0.728. The number of aromatic nitrogens is 1. The molecule has 2 heteroatoms. The molecule has 0 radical (unpaired) electrons. The molecule has 1 rings (SSSR count). The van der Waals surface area contributed by atoms with Crippen molar-refractivity contribution < 1.29 is 9.30 Å². The first-order valence-electron chi connectivity index (χ1n) is 5.69. The first kappa shape index (κ1) is 12.2. The number of rotatable bonds is 5. The Labute approximate surface area is 92.9 Å². The number of aryl methyl sites for hydroxylation is 1. The van der Waals surface area contributed by atoms with E-state index in [-0.39, 0.29) is 0 Å². The van der Waals surface area contributed by atoms with E-state index in [1.165, 1.54) is 17.7 Å². The number of hydrogen-bond donors (Lipinski definition) is 0. The molecule has 1 heterocycles. The van der Waals surface area contributed by atoms with Crippen molar-refractivity contribution >= 4 is 0 Å². The van der Waals surface area contributed by atoms with Crippen LogP contribution in [-0.4, -0.2) is 13.7 Å². The molecule has 0 N–H and O–H groups in total. The van der Waals surface area contributed by atoms with Crippen molar-refractivity contribution in [2.45, 2.75) is 39.7 Å². The predicted molar refractivity (Wildman–Crippen MR) is 62.0 cm³/mol. The average Bonchev–Trinajstić information content (AvgIpc) is 2.21. The van der Waals surface area contributed by atoms with E-state index in [0.717, 1.165) is 13.0 Å². The highest BCUT2D eigenvalue weighted by Crippen LogP contribution is 2.08. The molecular formula is C13H22NO+. The molecule has 84 valence electrons. The van der Waals surface area contributed by atoms with Crippen LogP contribution in [0.2, 0.25) is 0 Å². The molecule has 0 saturated heterocycles. The van der Waals surface area contributed by atoms with Gasteiger partial charge in [0.1, 0.15) is 6.61 Å². The van der Waals surface area contributed by atoms with Gasteiger partial charge in [-0.25, -0.2) is 0 Å². The maximum absolute atomic E-state index is 5.21. The van der Waals surface area contributed by atoms with Gasteiger partial charge >= 0.3 is 0 Å². The Kier molecular flexibility index (Phi) is 4.76. The van der Waals surface area contributed by atoms with Crippen LogP contribution in [0.1, 0.15) is 37.6 Å². The van der Waals surface area contributed by atoms with Crippen molar-refractivity contribution in [3.8, 4) is 0 Å². The molecule has 0 amide bonds. The molecule has 0 aliphatic heterocycles. The number of ether oxygens (including phenoxy) is 1. The van der Waals surface area contributed by atoms with Gasteiger partial charge < -0.3 is 4.74 Å². The molecule has 0 aliphatic carbocycles. The summed E-state index contributed by atoms with van der Waals surface area (Å²) in [7, 11) is 1.76. The van der Waals surface area contributed by atoms with Crippen molar-refractivity contribution in [1.29, 1.82) is 0 Å². The molecule has 0 spiro atoms. The first-order valence-corrected chi connectivity index (χ1v) is 5.69. The van der Waals surface area contributed by atoms with E-state index < -0.39 is 0 Å². The summed E-state index contributed by atoms with van der Waals surface area (Å²) in [6.07, 6.45) is 4.48. The van der Waals surface area contributed by atoms with Gasteiger partial charge in [-0.1, -0.05) is 6.92 Å². The molecule has 0 bridgehead atoms. The summed E-state index contributed by atoms with van der Waals surface area (Å²) in [6, 6.07) is 4.71. The van der Waals surface area contributed by atoms with Gasteiger partial charge in [-0.3, -0.25) is 0 Å². The van der Waals surface area contributed by atoms with Crippen LogP contribution in [0.4, 0.5) is 0 Å². The van der Waals surface area contributed by atoms with Crippen molar-refractivity contribution in [3.63, 3.8) is 0 Å². The summed E-state index contributed by atoms with van der Waals surface area (Å²) in [6.45, 7) is 7.37. The Bertz CT molecular complexity index is 309. The van der Waals surface area contributed by atoms with Crippen LogP contribution in [0, 0.1) is 6.92 Å². The fraction of sp³-hybridized carbons (Fsp3) is 0.615. The van der Waals surface area contributed by atoms with Gasteiger partial charge in [0.15, 0.2) is 17.9 Å². The molecule has 0 fully saturated rings. The van der Waals surface area contributed by atoms with Crippen LogP contribution in [0.3, 0.4) is 0 Å².